The van der Waals surface area contributed by atoms with Crippen LogP contribution in [0.4, 0.5) is 11.4 Å². The van der Waals surface area contributed by atoms with Crippen molar-refractivity contribution < 1.29 is 18.1 Å². The number of carbonyl (C=O) groups is 1. The molecule has 0 saturated heterocycles. The van der Waals surface area contributed by atoms with Crippen molar-refractivity contribution in [3.8, 4) is 0 Å². The molecule has 0 aliphatic heterocycles. The zero-order valence-electron chi connectivity index (χ0n) is 17.6. The fourth-order valence-electron chi connectivity index (χ4n) is 3.14. The van der Waals surface area contributed by atoms with E-state index in [1.54, 1.807) is 6.92 Å². The van der Waals surface area contributed by atoms with Crippen molar-refractivity contribution in [2.75, 3.05) is 17.1 Å². The fourth-order valence-corrected chi connectivity index (χ4v) is 4.36. The molecule has 0 aromatic heterocycles. The second-order valence-electron chi connectivity index (χ2n) is 7.34. The predicted molar refractivity (Wildman–Crippen MR) is 117 cm³/mol. The molecule has 0 fully saturated rings. The van der Waals surface area contributed by atoms with Gasteiger partial charge in [-0.3, -0.25) is 19.2 Å². The Bertz CT molecular complexity index is 1020. The van der Waals surface area contributed by atoms with Crippen LogP contribution in [0.1, 0.15) is 30.0 Å². The number of hydrogen-bond donors (Lipinski definition) is 1. The summed E-state index contributed by atoms with van der Waals surface area (Å²) in [4.78, 5) is 23.2. The minimum Gasteiger partial charge on any atom is -0.354 e. The lowest BCUT2D eigenvalue weighted by Crippen LogP contribution is -2.48. The van der Waals surface area contributed by atoms with E-state index in [4.69, 9.17) is 0 Å². The van der Waals surface area contributed by atoms with Crippen LogP contribution in [0.25, 0.3) is 0 Å². The molecule has 0 radical (unpaired) electrons. The van der Waals surface area contributed by atoms with Crippen molar-refractivity contribution in [2.24, 2.45) is 0 Å². The third kappa shape index (κ3) is 6.03. The van der Waals surface area contributed by atoms with Gasteiger partial charge in [0.15, 0.2) is 0 Å². The summed E-state index contributed by atoms with van der Waals surface area (Å²) in [5.74, 6) is -0.463. The van der Waals surface area contributed by atoms with Gasteiger partial charge in [0.1, 0.15) is 6.04 Å². The highest BCUT2D eigenvalue weighted by Gasteiger charge is 2.31. The smallest absolute Gasteiger partial charge is 0.271 e. The molecule has 0 bridgehead atoms. The molecule has 2 rings (SSSR count). The second kappa shape index (κ2) is 9.71. The first kappa shape index (κ1) is 23.3. The minimum atomic E-state index is -3.85. The summed E-state index contributed by atoms with van der Waals surface area (Å²) in [5.41, 5.74) is 2.74. The summed E-state index contributed by atoms with van der Waals surface area (Å²) in [5, 5.41) is 13.9. The molecular formula is C21H27N3O5S. The maximum Gasteiger partial charge on any atom is 0.271 e. The SMILES string of the molecule is Cc1ccc(CCCNC(=O)C(C)N(c2cc([N+](=O)[O-])ccc2C)S(C)(=O)=O)cc1. The second-order valence-corrected chi connectivity index (χ2v) is 9.20. The standard InChI is InChI=1S/C21H27N3O5S/c1-15-7-10-18(11-8-15)6-5-13-22-21(25)17(3)23(30(4,28)29)20-14-19(24(26)27)12-9-16(20)2/h7-12,14,17H,5-6,13H2,1-4H3,(H,22,25). The number of sulfonamides is 1. The van der Waals surface area contributed by atoms with Gasteiger partial charge in [0, 0.05) is 18.7 Å². The first-order valence-electron chi connectivity index (χ1n) is 9.58. The summed E-state index contributed by atoms with van der Waals surface area (Å²) in [6, 6.07) is 11.0. The largest absolute Gasteiger partial charge is 0.354 e. The molecular weight excluding hydrogens is 406 g/mol. The number of nitro benzene ring substituents is 1. The van der Waals surface area contributed by atoms with Gasteiger partial charge in [-0.15, -0.1) is 0 Å². The normalized spacial score (nSPS) is 12.3. The molecule has 8 nitrogen and oxygen atoms in total. The number of non-ortho nitro benzene ring substituents is 1. The number of nitro groups is 1. The molecule has 0 aliphatic carbocycles. The topological polar surface area (TPSA) is 110 Å². The summed E-state index contributed by atoms with van der Waals surface area (Å²) in [7, 11) is -3.85. The van der Waals surface area contributed by atoms with Gasteiger partial charge < -0.3 is 5.32 Å². The van der Waals surface area contributed by atoms with E-state index >= 15 is 0 Å². The van der Waals surface area contributed by atoms with Gasteiger partial charge in [-0.1, -0.05) is 35.9 Å². The lowest BCUT2D eigenvalue weighted by Gasteiger charge is -2.29. The van der Waals surface area contributed by atoms with Crippen molar-refractivity contribution >= 4 is 27.3 Å². The molecule has 1 unspecified atom stereocenters. The number of rotatable bonds is 9. The third-order valence-corrected chi connectivity index (χ3v) is 6.02. The van der Waals surface area contributed by atoms with Crippen LogP contribution in [-0.2, 0) is 21.2 Å². The minimum absolute atomic E-state index is 0.119. The van der Waals surface area contributed by atoms with Gasteiger partial charge in [0.05, 0.1) is 16.9 Å². The van der Waals surface area contributed by atoms with Crippen LogP contribution in [0.15, 0.2) is 42.5 Å². The van der Waals surface area contributed by atoms with Crippen molar-refractivity contribution in [3.63, 3.8) is 0 Å². The average molecular weight is 434 g/mol. The molecule has 9 heteroatoms. The maximum atomic E-state index is 12.6. The van der Waals surface area contributed by atoms with E-state index in [-0.39, 0.29) is 11.4 Å². The number of aryl methyl sites for hydroxylation is 3. The quantitative estimate of drug-likeness (QED) is 0.371. The van der Waals surface area contributed by atoms with Crippen LogP contribution in [-0.4, -0.2) is 38.1 Å². The van der Waals surface area contributed by atoms with E-state index in [2.05, 4.69) is 5.32 Å². The summed E-state index contributed by atoms with van der Waals surface area (Å²) < 4.78 is 25.8. The van der Waals surface area contributed by atoms with E-state index in [1.165, 1.54) is 30.7 Å². The van der Waals surface area contributed by atoms with E-state index in [1.807, 2.05) is 31.2 Å². The molecule has 0 heterocycles. The van der Waals surface area contributed by atoms with E-state index in [0.717, 1.165) is 22.5 Å². The highest BCUT2D eigenvalue weighted by Crippen LogP contribution is 2.29. The van der Waals surface area contributed by atoms with Crippen LogP contribution in [0.5, 0.6) is 0 Å². The lowest BCUT2D eigenvalue weighted by molar-refractivity contribution is -0.384. The van der Waals surface area contributed by atoms with Crippen LogP contribution in [0.2, 0.25) is 0 Å². The van der Waals surface area contributed by atoms with E-state index in [0.29, 0.717) is 18.5 Å². The van der Waals surface area contributed by atoms with Crippen molar-refractivity contribution in [2.45, 2.75) is 39.7 Å². The Balaban J connectivity index is 2.10. The molecule has 2 aromatic carbocycles. The summed E-state index contributed by atoms with van der Waals surface area (Å²) in [6.07, 6.45) is 2.47. The maximum absolute atomic E-state index is 12.6. The van der Waals surface area contributed by atoms with Gasteiger partial charge >= 0.3 is 0 Å². The van der Waals surface area contributed by atoms with E-state index in [9.17, 15) is 23.3 Å². The average Bonchev–Trinajstić information content (AvgIpc) is 2.66. The molecule has 30 heavy (non-hydrogen) atoms. The summed E-state index contributed by atoms with van der Waals surface area (Å²) >= 11 is 0. The molecule has 1 amide bonds. The van der Waals surface area contributed by atoms with Gasteiger partial charge in [-0.25, -0.2) is 8.42 Å². The molecule has 162 valence electrons. The number of nitrogens with zero attached hydrogens (tertiary/aromatic N) is 2. The van der Waals surface area contributed by atoms with Gasteiger partial charge in [-0.2, -0.15) is 0 Å². The van der Waals surface area contributed by atoms with Gasteiger partial charge in [0.2, 0.25) is 15.9 Å². The predicted octanol–water partition coefficient (Wildman–Crippen LogP) is 3.12. The Morgan fingerprint density at radius 3 is 2.37 bits per heavy atom. The fraction of sp³-hybridized carbons (Fsp3) is 0.381. The molecule has 0 spiro atoms. The Labute approximate surface area is 177 Å². The van der Waals surface area contributed by atoms with Crippen molar-refractivity contribution in [1.82, 2.24) is 5.32 Å². The zero-order valence-corrected chi connectivity index (χ0v) is 18.4. The van der Waals surface area contributed by atoms with Gasteiger partial charge in [-0.05, 0) is 44.7 Å². The van der Waals surface area contributed by atoms with Crippen LogP contribution < -0.4 is 9.62 Å². The highest BCUT2D eigenvalue weighted by atomic mass is 32.2. The summed E-state index contributed by atoms with van der Waals surface area (Å²) in [6.45, 7) is 5.52. The Hall–Kier alpha value is -2.94. The van der Waals surface area contributed by atoms with Crippen molar-refractivity contribution in [1.29, 1.82) is 0 Å². The van der Waals surface area contributed by atoms with Gasteiger partial charge in [0.25, 0.3) is 5.69 Å². The molecule has 0 saturated carbocycles. The van der Waals surface area contributed by atoms with Crippen molar-refractivity contribution in [3.05, 3.63) is 69.3 Å². The first-order chi connectivity index (χ1) is 14.0. The highest BCUT2D eigenvalue weighted by molar-refractivity contribution is 7.92. The number of nitrogens with one attached hydrogen (secondary N) is 1. The third-order valence-electron chi connectivity index (χ3n) is 4.79. The number of amides is 1. The molecule has 2 aromatic rings. The Kier molecular flexibility index (Phi) is 7.55. The lowest BCUT2D eigenvalue weighted by atomic mass is 10.1. The monoisotopic (exact) mass is 433 g/mol. The van der Waals surface area contributed by atoms with Crippen LogP contribution in [0, 0.1) is 24.0 Å². The van der Waals surface area contributed by atoms with Crippen LogP contribution in [0.3, 0.4) is 0 Å². The first-order valence-corrected chi connectivity index (χ1v) is 11.4. The molecule has 0 aliphatic rings. The number of anilines is 1. The Morgan fingerprint density at radius 2 is 1.80 bits per heavy atom. The number of carbonyl (C=O) groups excluding carboxylic acids is 1. The molecule has 1 N–H and O–H groups in total. The van der Waals surface area contributed by atoms with Crippen LogP contribution >= 0.6 is 0 Å². The number of hydrogen-bond acceptors (Lipinski definition) is 5. The molecule has 1 atom stereocenters. The zero-order chi connectivity index (χ0) is 22.5. The van der Waals surface area contributed by atoms with E-state index < -0.39 is 26.9 Å². The number of benzene rings is 2. The Morgan fingerprint density at radius 1 is 1.17 bits per heavy atom.